The highest BCUT2D eigenvalue weighted by molar-refractivity contribution is 5.33. The number of hydrogen-bond acceptors (Lipinski definition) is 4. The van der Waals surface area contributed by atoms with Gasteiger partial charge in [0.15, 0.2) is 0 Å². The number of rotatable bonds is 10. The second-order valence-corrected chi connectivity index (χ2v) is 6.81. The van der Waals surface area contributed by atoms with Crippen LogP contribution in [-0.2, 0) is 19.5 Å². The first-order chi connectivity index (χ1) is 13.7. The predicted molar refractivity (Wildman–Crippen MR) is 112 cm³/mol. The highest BCUT2D eigenvalue weighted by atomic mass is 16.6. The molecule has 5 nitrogen and oxygen atoms in total. The molecule has 1 unspecified atom stereocenters. The van der Waals surface area contributed by atoms with Gasteiger partial charge in [-0.2, -0.15) is 0 Å². The van der Waals surface area contributed by atoms with Crippen molar-refractivity contribution in [3.63, 3.8) is 0 Å². The van der Waals surface area contributed by atoms with Gasteiger partial charge in [0, 0.05) is 37.8 Å². The van der Waals surface area contributed by atoms with Gasteiger partial charge in [-0.25, -0.2) is 0 Å². The number of hydrogen-bond donors (Lipinski definition) is 2. The van der Waals surface area contributed by atoms with Crippen molar-refractivity contribution in [2.75, 3.05) is 6.54 Å². The third-order valence-electron chi connectivity index (χ3n) is 4.63. The fraction of sp³-hybridized carbons (Fsp3) is 0.217. The second kappa shape index (κ2) is 10.3. The Morgan fingerprint density at radius 1 is 0.750 bits per heavy atom. The minimum absolute atomic E-state index is 0.125. The maximum absolute atomic E-state index is 10.9. The molecule has 0 aliphatic heterocycles. The molecule has 144 valence electrons. The lowest BCUT2D eigenvalue weighted by molar-refractivity contribution is -0.384. The van der Waals surface area contributed by atoms with Gasteiger partial charge in [-0.15, -0.1) is 0 Å². The zero-order valence-electron chi connectivity index (χ0n) is 15.8. The van der Waals surface area contributed by atoms with Crippen molar-refractivity contribution < 1.29 is 4.92 Å². The number of nitrogens with one attached hydrogen (secondary N) is 2. The number of non-ortho nitro benzene ring substituents is 1. The van der Waals surface area contributed by atoms with E-state index in [1.54, 1.807) is 12.1 Å². The summed E-state index contributed by atoms with van der Waals surface area (Å²) in [6.45, 7) is 2.40. The van der Waals surface area contributed by atoms with Crippen molar-refractivity contribution in [1.29, 1.82) is 0 Å². The summed E-state index contributed by atoms with van der Waals surface area (Å²) < 4.78 is 0. The molecule has 0 saturated heterocycles. The van der Waals surface area contributed by atoms with Gasteiger partial charge >= 0.3 is 0 Å². The molecule has 0 radical (unpaired) electrons. The van der Waals surface area contributed by atoms with E-state index in [1.165, 1.54) is 11.1 Å². The summed E-state index contributed by atoms with van der Waals surface area (Å²) in [6, 6.07) is 27.6. The van der Waals surface area contributed by atoms with Crippen LogP contribution in [0, 0.1) is 10.1 Å². The molecular formula is C23H25N3O2. The molecule has 3 aromatic carbocycles. The maximum Gasteiger partial charge on any atom is 0.269 e. The van der Waals surface area contributed by atoms with Crippen LogP contribution in [0.25, 0.3) is 0 Å². The SMILES string of the molecule is O=[N+]([O-])c1ccc(CC(CNCc2ccccc2)NCc2ccccc2)cc1. The summed E-state index contributed by atoms with van der Waals surface area (Å²) in [5, 5.41) is 18.0. The Morgan fingerprint density at radius 2 is 1.32 bits per heavy atom. The van der Waals surface area contributed by atoms with E-state index in [0.29, 0.717) is 0 Å². The molecule has 3 rings (SSSR count). The number of nitro benzene ring substituents is 1. The van der Waals surface area contributed by atoms with E-state index in [2.05, 4.69) is 34.9 Å². The highest BCUT2D eigenvalue weighted by Crippen LogP contribution is 2.13. The summed E-state index contributed by atoms with van der Waals surface area (Å²) in [5.41, 5.74) is 3.69. The largest absolute Gasteiger partial charge is 0.311 e. The molecule has 0 amide bonds. The Hall–Kier alpha value is -3.02. The van der Waals surface area contributed by atoms with Crippen molar-refractivity contribution in [3.05, 3.63) is 112 Å². The summed E-state index contributed by atoms with van der Waals surface area (Å²) >= 11 is 0. The van der Waals surface area contributed by atoms with Crippen LogP contribution in [0.4, 0.5) is 5.69 Å². The summed E-state index contributed by atoms with van der Waals surface area (Å²) in [6.07, 6.45) is 0.798. The van der Waals surface area contributed by atoms with E-state index in [-0.39, 0.29) is 16.7 Å². The van der Waals surface area contributed by atoms with Gasteiger partial charge in [-0.3, -0.25) is 10.1 Å². The maximum atomic E-state index is 10.9. The van der Waals surface area contributed by atoms with E-state index in [9.17, 15) is 10.1 Å². The van der Waals surface area contributed by atoms with Gasteiger partial charge in [0.25, 0.3) is 5.69 Å². The number of nitro groups is 1. The first-order valence-electron chi connectivity index (χ1n) is 9.46. The zero-order valence-corrected chi connectivity index (χ0v) is 15.8. The Bertz CT molecular complexity index is 852. The molecular weight excluding hydrogens is 350 g/mol. The molecule has 2 N–H and O–H groups in total. The molecule has 3 aromatic rings. The topological polar surface area (TPSA) is 67.2 Å². The van der Waals surface area contributed by atoms with Crippen molar-refractivity contribution in [1.82, 2.24) is 10.6 Å². The fourth-order valence-electron chi connectivity index (χ4n) is 3.10. The fourth-order valence-corrected chi connectivity index (χ4v) is 3.10. The molecule has 28 heavy (non-hydrogen) atoms. The lowest BCUT2D eigenvalue weighted by Crippen LogP contribution is -2.39. The van der Waals surface area contributed by atoms with Gasteiger partial charge in [0.2, 0.25) is 0 Å². The standard InChI is InChI=1S/C23H25N3O2/c27-26(28)23-13-11-19(12-14-23)15-22(25-17-21-9-5-2-6-10-21)18-24-16-20-7-3-1-4-8-20/h1-14,22,24-25H,15-18H2. The molecule has 0 spiro atoms. The van der Waals surface area contributed by atoms with Crippen molar-refractivity contribution in [3.8, 4) is 0 Å². The van der Waals surface area contributed by atoms with Crippen LogP contribution < -0.4 is 10.6 Å². The Kier molecular flexibility index (Phi) is 7.29. The van der Waals surface area contributed by atoms with Crippen molar-refractivity contribution >= 4 is 5.69 Å². The molecule has 0 saturated carbocycles. The molecule has 5 heteroatoms. The van der Waals surface area contributed by atoms with E-state index in [0.717, 1.165) is 31.6 Å². The Balaban J connectivity index is 1.60. The van der Waals surface area contributed by atoms with Crippen LogP contribution in [0.2, 0.25) is 0 Å². The second-order valence-electron chi connectivity index (χ2n) is 6.81. The average molecular weight is 375 g/mol. The molecule has 0 aliphatic rings. The number of nitrogens with zero attached hydrogens (tertiary/aromatic N) is 1. The van der Waals surface area contributed by atoms with Gasteiger partial charge < -0.3 is 10.6 Å². The normalized spacial score (nSPS) is 11.9. The lowest BCUT2D eigenvalue weighted by Gasteiger charge is -2.20. The van der Waals surface area contributed by atoms with E-state index in [4.69, 9.17) is 0 Å². The predicted octanol–water partition coefficient (Wildman–Crippen LogP) is 4.09. The van der Waals surface area contributed by atoms with Crippen molar-refractivity contribution in [2.24, 2.45) is 0 Å². The van der Waals surface area contributed by atoms with E-state index < -0.39 is 0 Å². The number of benzene rings is 3. The minimum atomic E-state index is -0.365. The minimum Gasteiger partial charge on any atom is -0.311 e. The van der Waals surface area contributed by atoms with Gasteiger partial charge in [0.05, 0.1) is 4.92 Å². The van der Waals surface area contributed by atoms with Crippen LogP contribution in [-0.4, -0.2) is 17.5 Å². The van der Waals surface area contributed by atoms with Crippen LogP contribution in [0.3, 0.4) is 0 Å². The quantitative estimate of drug-likeness (QED) is 0.414. The highest BCUT2D eigenvalue weighted by Gasteiger charge is 2.11. The zero-order chi connectivity index (χ0) is 19.6. The molecule has 0 heterocycles. The van der Waals surface area contributed by atoms with Gasteiger partial charge in [-0.05, 0) is 23.1 Å². The molecule has 0 aliphatic carbocycles. The van der Waals surface area contributed by atoms with Crippen molar-refractivity contribution in [2.45, 2.75) is 25.6 Å². The third kappa shape index (κ3) is 6.30. The first kappa shape index (κ1) is 19.7. The van der Waals surface area contributed by atoms with Crippen LogP contribution in [0.1, 0.15) is 16.7 Å². The Morgan fingerprint density at radius 3 is 1.89 bits per heavy atom. The van der Waals surface area contributed by atoms with Gasteiger partial charge in [0.1, 0.15) is 0 Å². The smallest absolute Gasteiger partial charge is 0.269 e. The van der Waals surface area contributed by atoms with Crippen LogP contribution in [0.15, 0.2) is 84.9 Å². The third-order valence-corrected chi connectivity index (χ3v) is 4.63. The average Bonchev–Trinajstić information content (AvgIpc) is 2.74. The summed E-state index contributed by atoms with van der Waals surface area (Å²) in [7, 11) is 0. The molecule has 0 aromatic heterocycles. The molecule has 1 atom stereocenters. The van der Waals surface area contributed by atoms with E-state index >= 15 is 0 Å². The van der Waals surface area contributed by atoms with E-state index in [1.807, 2.05) is 48.5 Å². The van der Waals surface area contributed by atoms with Crippen LogP contribution in [0.5, 0.6) is 0 Å². The van der Waals surface area contributed by atoms with Gasteiger partial charge in [-0.1, -0.05) is 72.8 Å². The summed E-state index contributed by atoms with van der Waals surface area (Å²) in [5.74, 6) is 0. The first-order valence-corrected chi connectivity index (χ1v) is 9.46. The molecule has 0 bridgehead atoms. The summed E-state index contributed by atoms with van der Waals surface area (Å²) in [4.78, 5) is 10.5. The van der Waals surface area contributed by atoms with Crippen LogP contribution >= 0.6 is 0 Å². The lowest BCUT2D eigenvalue weighted by atomic mass is 10.0. The molecule has 0 fully saturated rings. The Labute approximate surface area is 165 Å². The monoisotopic (exact) mass is 375 g/mol.